The van der Waals surface area contributed by atoms with Crippen molar-refractivity contribution in [1.82, 2.24) is 5.32 Å². The van der Waals surface area contributed by atoms with Crippen LogP contribution in [0.5, 0.6) is 5.75 Å². The average Bonchev–Trinajstić information content (AvgIpc) is 2.46. The summed E-state index contributed by atoms with van der Waals surface area (Å²) < 4.78 is 11.1. The lowest BCUT2D eigenvalue weighted by Crippen LogP contribution is -2.42. The van der Waals surface area contributed by atoms with Gasteiger partial charge in [-0.1, -0.05) is 18.2 Å². The number of amides is 1. The zero-order chi connectivity index (χ0) is 16.2. The third kappa shape index (κ3) is 4.63. The molecule has 3 N–H and O–H groups in total. The molecule has 0 saturated heterocycles. The molecule has 0 bridgehead atoms. The Morgan fingerprint density at radius 2 is 2.18 bits per heavy atom. The molecular weight excluding hydrogens is 280 g/mol. The van der Waals surface area contributed by atoms with E-state index in [1.165, 1.54) is 5.56 Å². The van der Waals surface area contributed by atoms with Crippen LogP contribution in [0.2, 0.25) is 0 Å². The van der Waals surface area contributed by atoms with Gasteiger partial charge in [0.05, 0.1) is 6.61 Å². The van der Waals surface area contributed by atoms with E-state index in [4.69, 9.17) is 15.2 Å². The number of fused-ring (bicyclic) bond motifs is 1. The standard InChI is InChI=1S/C17H26N2O3/c1-17(2,3)22-16(20)19-10-14(9-18)13-8-12-6-4-5-7-15(12)21-11-13/h4-7,13-14H,8-11,18H2,1-3H3,(H,19,20). The molecule has 2 unspecified atom stereocenters. The molecule has 2 rings (SSSR count). The van der Waals surface area contributed by atoms with Crippen LogP contribution in [0.1, 0.15) is 26.3 Å². The van der Waals surface area contributed by atoms with Crippen molar-refractivity contribution >= 4 is 6.09 Å². The summed E-state index contributed by atoms with van der Waals surface area (Å²) in [6, 6.07) is 8.06. The van der Waals surface area contributed by atoms with Crippen molar-refractivity contribution in [2.45, 2.75) is 32.8 Å². The summed E-state index contributed by atoms with van der Waals surface area (Å²) in [4.78, 5) is 11.8. The number of para-hydroxylation sites is 1. The highest BCUT2D eigenvalue weighted by molar-refractivity contribution is 5.67. The molecule has 0 fully saturated rings. The molecule has 2 atom stereocenters. The topological polar surface area (TPSA) is 73.6 Å². The van der Waals surface area contributed by atoms with Crippen LogP contribution in [0.15, 0.2) is 24.3 Å². The molecule has 5 heteroatoms. The van der Waals surface area contributed by atoms with Gasteiger partial charge in [-0.25, -0.2) is 4.79 Å². The van der Waals surface area contributed by atoms with Crippen LogP contribution in [0.4, 0.5) is 4.79 Å². The van der Waals surface area contributed by atoms with E-state index in [-0.39, 0.29) is 5.92 Å². The molecule has 1 heterocycles. The second kappa shape index (κ2) is 7.01. The van der Waals surface area contributed by atoms with Crippen molar-refractivity contribution in [3.05, 3.63) is 29.8 Å². The Balaban J connectivity index is 1.89. The number of hydrogen-bond donors (Lipinski definition) is 2. The highest BCUT2D eigenvalue weighted by Gasteiger charge is 2.27. The summed E-state index contributed by atoms with van der Waals surface area (Å²) in [5.74, 6) is 1.42. The Kier molecular flexibility index (Phi) is 5.29. The third-order valence-electron chi connectivity index (χ3n) is 3.78. The Labute approximate surface area is 132 Å². The fraction of sp³-hybridized carbons (Fsp3) is 0.588. The van der Waals surface area contributed by atoms with E-state index in [9.17, 15) is 4.79 Å². The van der Waals surface area contributed by atoms with Crippen LogP contribution >= 0.6 is 0 Å². The number of nitrogens with one attached hydrogen (secondary N) is 1. The fourth-order valence-electron chi connectivity index (χ4n) is 2.63. The summed E-state index contributed by atoms with van der Waals surface area (Å²) in [7, 11) is 0. The van der Waals surface area contributed by atoms with Crippen LogP contribution in [-0.2, 0) is 11.2 Å². The SMILES string of the molecule is CC(C)(C)OC(=O)NCC(CN)C1COc2ccccc2C1. The molecule has 0 radical (unpaired) electrons. The van der Waals surface area contributed by atoms with Crippen molar-refractivity contribution in [1.29, 1.82) is 0 Å². The van der Waals surface area contributed by atoms with Gasteiger partial charge in [-0.15, -0.1) is 0 Å². The van der Waals surface area contributed by atoms with Crippen molar-refractivity contribution in [3.63, 3.8) is 0 Å². The smallest absolute Gasteiger partial charge is 0.407 e. The van der Waals surface area contributed by atoms with E-state index in [1.54, 1.807) is 0 Å². The Morgan fingerprint density at radius 1 is 1.45 bits per heavy atom. The van der Waals surface area contributed by atoms with Gasteiger partial charge < -0.3 is 20.5 Å². The number of carbonyl (C=O) groups excluding carboxylic acids is 1. The van der Waals surface area contributed by atoms with E-state index < -0.39 is 11.7 Å². The molecule has 0 aliphatic carbocycles. The highest BCUT2D eigenvalue weighted by atomic mass is 16.6. The summed E-state index contributed by atoms with van der Waals surface area (Å²) in [5.41, 5.74) is 6.60. The number of alkyl carbamates (subject to hydrolysis) is 1. The molecule has 1 aliphatic rings. The van der Waals surface area contributed by atoms with Crippen LogP contribution in [0.3, 0.4) is 0 Å². The van der Waals surface area contributed by atoms with E-state index in [1.807, 2.05) is 39.0 Å². The van der Waals surface area contributed by atoms with Crippen molar-refractivity contribution in [3.8, 4) is 5.75 Å². The second-order valence-corrected chi connectivity index (χ2v) is 6.76. The van der Waals surface area contributed by atoms with Gasteiger partial charge in [0, 0.05) is 12.5 Å². The van der Waals surface area contributed by atoms with Gasteiger partial charge in [-0.2, -0.15) is 0 Å². The van der Waals surface area contributed by atoms with Crippen LogP contribution in [-0.4, -0.2) is 31.4 Å². The number of hydrogen-bond acceptors (Lipinski definition) is 4. The largest absolute Gasteiger partial charge is 0.493 e. The lowest BCUT2D eigenvalue weighted by Gasteiger charge is -2.31. The number of ether oxygens (including phenoxy) is 2. The van der Waals surface area contributed by atoms with Gasteiger partial charge >= 0.3 is 6.09 Å². The van der Waals surface area contributed by atoms with E-state index in [0.717, 1.165) is 12.2 Å². The zero-order valence-corrected chi connectivity index (χ0v) is 13.6. The van der Waals surface area contributed by atoms with Gasteiger partial charge in [0.2, 0.25) is 0 Å². The van der Waals surface area contributed by atoms with E-state index in [0.29, 0.717) is 25.6 Å². The lowest BCUT2D eigenvalue weighted by atomic mass is 9.85. The van der Waals surface area contributed by atoms with E-state index in [2.05, 4.69) is 11.4 Å². The summed E-state index contributed by atoms with van der Waals surface area (Å²) >= 11 is 0. The minimum absolute atomic E-state index is 0.167. The summed E-state index contributed by atoms with van der Waals surface area (Å²) in [6.45, 7) is 7.18. The van der Waals surface area contributed by atoms with Gasteiger partial charge in [0.15, 0.2) is 0 Å². The molecular formula is C17H26N2O3. The molecule has 22 heavy (non-hydrogen) atoms. The summed E-state index contributed by atoms with van der Waals surface area (Å²) in [5, 5.41) is 2.81. The van der Waals surface area contributed by atoms with Crippen LogP contribution in [0.25, 0.3) is 0 Å². The number of rotatable bonds is 4. The van der Waals surface area contributed by atoms with Crippen molar-refractivity contribution < 1.29 is 14.3 Å². The molecule has 1 aromatic rings. The molecule has 122 valence electrons. The van der Waals surface area contributed by atoms with Gasteiger partial charge in [-0.05, 0) is 51.3 Å². The predicted molar refractivity (Wildman–Crippen MR) is 85.9 cm³/mol. The monoisotopic (exact) mass is 306 g/mol. The first kappa shape index (κ1) is 16.6. The molecule has 1 aromatic carbocycles. The Hall–Kier alpha value is -1.75. The Morgan fingerprint density at radius 3 is 2.86 bits per heavy atom. The lowest BCUT2D eigenvalue weighted by molar-refractivity contribution is 0.0507. The highest BCUT2D eigenvalue weighted by Crippen LogP contribution is 2.30. The molecule has 0 aromatic heterocycles. The number of benzene rings is 1. The maximum Gasteiger partial charge on any atom is 0.407 e. The van der Waals surface area contributed by atoms with Crippen LogP contribution < -0.4 is 15.8 Å². The first-order valence-corrected chi connectivity index (χ1v) is 7.76. The number of nitrogens with two attached hydrogens (primary N) is 1. The maximum absolute atomic E-state index is 11.8. The third-order valence-corrected chi connectivity index (χ3v) is 3.78. The molecule has 1 aliphatic heterocycles. The van der Waals surface area contributed by atoms with Crippen molar-refractivity contribution in [2.75, 3.05) is 19.7 Å². The fourth-order valence-corrected chi connectivity index (χ4v) is 2.63. The average molecular weight is 306 g/mol. The van der Waals surface area contributed by atoms with Crippen molar-refractivity contribution in [2.24, 2.45) is 17.6 Å². The van der Waals surface area contributed by atoms with Gasteiger partial charge in [0.25, 0.3) is 0 Å². The first-order chi connectivity index (χ1) is 10.4. The minimum Gasteiger partial charge on any atom is -0.493 e. The zero-order valence-electron chi connectivity index (χ0n) is 13.6. The van der Waals surface area contributed by atoms with E-state index >= 15 is 0 Å². The van der Waals surface area contributed by atoms with Crippen LogP contribution in [0, 0.1) is 11.8 Å². The summed E-state index contributed by atoms with van der Waals surface area (Å²) in [6.07, 6.45) is 0.525. The molecule has 0 saturated carbocycles. The molecule has 1 amide bonds. The first-order valence-electron chi connectivity index (χ1n) is 7.76. The Bertz CT molecular complexity index is 511. The second-order valence-electron chi connectivity index (χ2n) is 6.76. The predicted octanol–water partition coefficient (Wildman–Crippen LogP) is 2.34. The van der Waals surface area contributed by atoms with Gasteiger partial charge in [-0.3, -0.25) is 0 Å². The van der Waals surface area contributed by atoms with Gasteiger partial charge in [0.1, 0.15) is 11.4 Å². The maximum atomic E-state index is 11.8. The minimum atomic E-state index is -0.491. The quantitative estimate of drug-likeness (QED) is 0.895. The molecule has 5 nitrogen and oxygen atoms in total. The number of carbonyl (C=O) groups is 1. The normalized spacial score (nSPS) is 18.8. The molecule has 0 spiro atoms.